The topological polar surface area (TPSA) is 88.3 Å². The van der Waals surface area contributed by atoms with Crippen molar-refractivity contribution in [1.29, 1.82) is 0 Å². The number of anilines is 2. The molecule has 0 radical (unpaired) electrons. The minimum Gasteiger partial charge on any atom is -0.353 e. The molecule has 4 heterocycles. The van der Waals surface area contributed by atoms with Crippen LogP contribution in [0.4, 0.5) is 17.3 Å². The van der Waals surface area contributed by atoms with E-state index in [-0.39, 0.29) is 15.9 Å². The average Bonchev–Trinajstić information content (AvgIpc) is 3.23. The highest BCUT2D eigenvalue weighted by Crippen LogP contribution is 2.40. The van der Waals surface area contributed by atoms with Crippen molar-refractivity contribution >= 4 is 50.5 Å². The Morgan fingerprint density at radius 1 is 1.03 bits per heavy atom. The van der Waals surface area contributed by atoms with Crippen LogP contribution in [-0.4, -0.2) is 46.1 Å². The van der Waals surface area contributed by atoms with Gasteiger partial charge in [0.2, 0.25) is 5.28 Å². The molecular weight excluding hydrogens is 436 g/mol. The third-order valence-electron chi connectivity index (χ3n) is 5.31. The van der Waals surface area contributed by atoms with Gasteiger partial charge >= 0.3 is 0 Å². The minimum atomic E-state index is -0.386. The van der Waals surface area contributed by atoms with Crippen molar-refractivity contribution < 1.29 is 4.92 Å². The van der Waals surface area contributed by atoms with Crippen LogP contribution in [0.3, 0.4) is 0 Å². The predicted molar refractivity (Wildman–Crippen MR) is 123 cm³/mol. The molecule has 0 bridgehead atoms. The Labute approximate surface area is 186 Å². The summed E-state index contributed by atoms with van der Waals surface area (Å²) in [6.45, 7) is 3.11. The summed E-state index contributed by atoms with van der Waals surface area (Å²) in [4.78, 5) is 29.4. The summed E-state index contributed by atoms with van der Waals surface area (Å²) in [6.07, 6.45) is 1.80. The van der Waals surface area contributed by atoms with Gasteiger partial charge in [0.1, 0.15) is 16.5 Å². The van der Waals surface area contributed by atoms with Gasteiger partial charge in [0.05, 0.1) is 10.3 Å². The maximum atomic E-state index is 11.2. The van der Waals surface area contributed by atoms with E-state index < -0.39 is 0 Å². The molecule has 0 spiro atoms. The summed E-state index contributed by atoms with van der Waals surface area (Å²) in [7, 11) is 0. The quantitative estimate of drug-likeness (QED) is 0.253. The van der Waals surface area contributed by atoms with E-state index in [1.807, 2.05) is 29.6 Å². The normalized spacial score (nSPS) is 14.2. The number of piperazine rings is 1. The highest BCUT2D eigenvalue weighted by molar-refractivity contribution is 7.17. The number of benzene rings is 1. The van der Waals surface area contributed by atoms with Crippen molar-refractivity contribution in [3.05, 3.63) is 69.4 Å². The second-order valence-corrected chi connectivity index (χ2v) is 8.31. The number of nitro groups is 1. The van der Waals surface area contributed by atoms with E-state index in [0.29, 0.717) is 0 Å². The van der Waals surface area contributed by atoms with E-state index in [1.54, 1.807) is 18.3 Å². The van der Waals surface area contributed by atoms with Gasteiger partial charge in [-0.2, -0.15) is 4.98 Å². The Hall–Kier alpha value is -3.30. The Morgan fingerprint density at radius 3 is 2.58 bits per heavy atom. The lowest BCUT2D eigenvalue weighted by atomic mass is 10.0. The lowest BCUT2D eigenvalue weighted by Gasteiger charge is -2.36. The van der Waals surface area contributed by atoms with Crippen LogP contribution in [0.15, 0.2) is 54.0 Å². The summed E-state index contributed by atoms with van der Waals surface area (Å²) in [6, 6.07) is 12.5. The molecule has 8 nitrogen and oxygen atoms in total. The number of aromatic nitrogens is 3. The summed E-state index contributed by atoms with van der Waals surface area (Å²) >= 11 is 7.70. The molecule has 156 valence electrons. The molecule has 10 heteroatoms. The molecule has 0 N–H and O–H groups in total. The molecule has 1 aliphatic heterocycles. The third kappa shape index (κ3) is 3.77. The number of hydrogen-bond donors (Lipinski definition) is 0. The lowest BCUT2D eigenvalue weighted by molar-refractivity contribution is -0.384. The molecule has 0 aliphatic carbocycles. The number of pyridine rings is 1. The second-order valence-electron chi connectivity index (χ2n) is 7.12. The van der Waals surface area contributed by atoms with Gasteiger partial charge in [-0.3, -0.25) is 10.1 Å². The minimum absolute atomic E-state index is 0.0530. The van der Waals surface area contributed by atoms with Crippen molar-refractivity contribution in [2.75, 3.05) is 36.0 Å². The van der Waals surface area contributed by atoms with Crippen LogP contribution in [0.5, 0.6) is 0 Å². The molecule has 1 saturated heterocycles. The van der Waals surface area contributed by atoms with Crippen LogP contribution in [0.2, 0.25) is 5.28 Å². The van der Waals surface area contributed by atoms with E-state index in [9.17, 15) is 10.1 Å². The number of non-ortho nitro benzene ring substituents is 1. The molecule has 0 unspecified atom stereocenters. The molecule has 1 aromatic carbocycles. The zero-order chi connectivity index (χ0) is 21.4. The Kier molecular flexibility index (Phi) is 5.13. The van der Waals surface area contributed by atoms with E-state index in [2.05, 4.69) is 24.8 Å². The van der Waals surface area contributed by atoms with Gasteiger partial charge in [-0.15, -0.1) is 11.3 Å². The molecule has 5 rings (SSSR count). The molecule has 31 heavy (non-hydrogen) atoms. The fraction of sp³-hybridized carbons (Fsp3) is 0.190. The molecule has 4 aromatic rings. The van der Waals surface area contributed by atoms with Crippen LogP contribution in [0.1, 0.15) is 0 Å². The fourth-order valence-electron chi connectivity index (χ4n) is 3.81. The van der Waals surface area contributed by atoms with Crippen LogP contribution < -0.4 is 9.80 Å². The van der Waals surface area contributed by atoms with Gasteiger partial charge in [0.25, 0.3) is 5.69 Å². The van der Waals surface area contributed by atoms with E-state index >= 15 is 0 Å². The van der Waals surface area contributed by atoms with Crippen LogP contribution >= 0.6 is 22.9 Å². The SMILES string of the molecule is O=[N+]([O-])c1cccc(-c2csc3nc(Cl)nc(N4CCN(c5ccccn5)CC4)c23)c1. The molecule has 0 saturated carbocycles. The van der Waals surface area contributed by atoms with Gasteiger partial charge in [0.15, 0.2) is 0 Å². The van der Waals surface area contributed by atoms with Crippen molar-refractivity contribution in [1.82, 2.24) is 15.0 Å². The van der Waals surface area contributed by atoms with Gasteiger partial charge in [-0.25, -0.2) is 9.97 Å². The van der Waals surface area contributed by atoms with Crippen LogP contribution in [0.25, 0.3) is 21.3 Å². The number of hydrogen-bond acceptors (Lipinski definition) is 8. The first-order chi connectivity index (χ1) is 15.1. The molecule has 0 amide bonds. The lowest BCUT2D eigenvalue weighted by Crippen LogP contribution is -2.47. The largest absolute Gasteiger partial charge is 0.353 e. The highest BCUT2D eigenvalue weighted by Gasteiger charge is 2.24. The van der Waals surface area contributed by atoms with E-state index in [1.165, 1.54) is 17.4 Å². The fourth-order valence-corrected chi connectivity index (χ4v) is 4.97. The standard InChI is InChI=1S/C21H17ClN6O2S/c22-21-24-19(27-10-8-26(9-11-27)17-6-1-2-7-23-17)18-16(13-31-20(18)25-21)14-4-3-5-15(12-14)28(29)30/h1-7,12-13H,8-11H2. The zero-order valence-corrected chi connectivity index (χ0v) is 17.9. The van der Waals surface area contributed by atoms with E-state index in [0.717, 1.165) is 59.2 Å². The van der Waals surface area contributed by atoms with Crippen molar-refractivity contribution in [3.63, 3.8) is 0 Å². The maximum absolute atomic E-state index is 11.2. The summed E-state index contributed by atoms with van der Waals surface area (Å²) < 4.78 is 0. The number of nitro benzene ring substituents is 1. The van der Waals surface area contributed by atoms with Crippen LogP contribution in [0, 0.1) is 10.1 Å². The number of halogens is 1. The maximum Gasteiger partial charge on any atom is 0.270 e. The highest BCUT2D eigenvalue weighted by atomic mass is 35.5. The van der Waals surface area contributed by atoms with Gasteiger partial charge in [0, 0.05) is 55.5 Å². The average molecular weight is 453 g/mol. The Morgan fingerprint density at radius 2 is 1.84 bits per heavy atom. The van der Waals surface area contributed by atoms with Crippen LogP contribution in [-0.2, 0) is 0 Å². The molecular formula is C21H17ClN6O2S. The van der Waals surface area contributed by atoms with Gasteiger partial charge < -0.3 is 9.80 Å². The number of rotatable bonds is 4. The van der Waals surface area contributed by atoms with Gasteiger partial charge in [-0.05, 0) is 29.3 Å². The monoisotopic (exact) mass is 452 g/mol. The predicted octanol–water partition coefficient (Wildman–Crippen LogP) is 4.64. The van der Waals surface area contributed by atoms with Crippen molar-refractivity contribution in [2.24, 2.45) is 0 Å². The summed E-state index contributed by atoms with van der Waals surface area (Å²) in [5, 5.41) is 14.3. The van der Waals surface area contributed by atoms with Gasteiger partial charge in [-0.1, -0.05) is 18.2 Å². The zero-order valence-electron chi connectivity index (χ0n) is 16.3. The first kappa shape index (κ1) is 19.7. The number of thiophene rings is 1. The summed E-state index contributed by atoms with van der Waals surface area (Å²) in [5.41, 5.74) is 1.69. The van der Waals surface area contributed by atoms with Crippen molar-refractivity contribution in [3.8, 4) is 11.1 Å². The van der Waals surface area contributed by atoms with Crippen molar-refractivity contribution in [2.45, 2.75) is 0 Å². The number of nitrogens with zero attached hydrogens (tertiary/aromatic N) is 6. The van der Waals surface area contributed by atoms with E-state index in [4.69, 9.17) is 11.6 Å². The molecule has 0 atom stereocenters. The number of fused-ring (bicyclic) bond motifs is 1. The molecule has 1 aliphatic rings. The molecule has 1 fully saturated rings. The smallest absolute Gasteiger partial charge is 0.270 e. The third-order valence-corrected chi connectivity index (χ3v) is 6.35. The summed E-state index contributed by atoms with van der Waals surface area (Å²) in [5.74, 6) is 1.72. The molecule has 3 aromatic heterocycles. The first-order valence-corrected chi connectivity index (χ1v) is 11.0. The Bertz CT molecular complexity index is 1260. The first-order valence-electron chi connectivity index (χ1n) is 9.70. The second kappa shape index (κ2) is 8.09. The Balaban J connectivity index is 1.52.